The van der Waals surface area contributed by atoms with Crippen LogP contribution in [0.2, 0.25) is 0 Å². The van der Waals surface area contributed by atoms with Crippen LogP contribution in [0.4, 0.5) is 0 Å². The van der Waals surface area contributed by atoms with Crippen LogP contribution in [0.15, 0.2) is 53.2 Å². The summed E-state index contributed by atoms with van der Waals surface area (Å²) in [7, 11) is 3.28. The number of ether oxygens (including phenoxy) is 2. The van der Waals surface area contributed by atoms with Crippen molar-refractivity contribution in [3.63, 3.8) is 0 Å². The van der Waals surface area contributed by atoms with Gasteiger partial charge in [-0.05, 0) is 49.1 Å². The number of nitrogens with zero attached hydrogens (tertiary/aromatic N) is 1. The number of hydrogen-bond donors (Lipinski definition) is 0. The van der Waals surface area contributed by atoms with E-state index >= 15 is 0 Å². The summed E-state index contributed by atoms with van der Waals surface area (Å²) in [5.41, 5.74) is 4.54. The molecule has 0 radical (unpaired) electrons. The summed E-state index contributed by atoms with van der Waals surface area (Å²) in [5.74, 6) is 1.56. The van der Waals surface area contributed by atoms with E-state index < -0.39 is 0 Å². The zero-order valence-electron chi connectivity index (χ0n) is 17.0. The topological polar surface area (TPSA) is 51.9 Å². The predicted molar refractivity (Wildman–Crippen MR) is 114 cm³/mol. The summed E-state index contributed by atoms with van der Waals surface area (Å²) in [5, 5.41) is 0.979. The second kappa shape index (κ2) is 8.03. The molecule has 29 heavy (non-hydrogen) atoms. The van der Waals surface area contributed by atoms with Gasteiger partial charge in [-0.1, -0.05) is 12.1 Å². The van der Waals surface area contributed by atoms with Crippen molar-refractivity contribution in [3.05, 3.63) is 54.3 Å². The van der Waals surface area contributed by atoms with Crippen LogP contribution in [0.25, 0.3) is 27.7 Å². The van der Waals surface area contributed by atoms with Gasteiger partial charge in [0.25, 0.3) is 0 Å². The molecular weight excluding hydrogens is 366 g/mol. The first-order valence-corrected chi connectivity index (χ1v) is 9.82. The van der Waals surface area contributed by atoms with E-state index in [1.165, 1.54) is 0 Å². The number of amides is 1. The Kier molecular flexibility index (Phi) is 5.30. The molecule has 5 heteroatoms. The lowest BCUT2D eigenvalue weighted by atomic mass is 9.99. The molecule has 1 aliphatic rings. The third-order valence-electron chi connectivity index (χ3n) is 5.48. The Balaban J connectivity index is 1.75. The summed E-state index contributed by atoms with van der Waals surface area (Å²) in [6.45, 7) is 3.62. The van der Waals surface area contributed by atoms with Gasteiger partial charge in [-0.2, -0.15) is 0 Å². The minimum absolute atomic E-state index is 0.0599. The highest BCUT2D eigenvalue weighted by atomic mass is 16.5. The molecule has 1 saturated heterocycles. The van der Waals surface area contributed by atoms with Crippen molar-refractivity contribution in [2.75, 3.05) is 27.3 Å². The summed E-state index contributed by atoms with van der Waals surface area (Å²) in [6, 6.07) is 11.8. The number of hydrogen-bond acceptors (Lipinski definition) is 4. The van der Waals surface area contributed by atoms with Gasteiger partial charge in [-0.3, -0.25) is 4.79 Å². The summed E-state index contributed by atoms with van der Waals surface area (Å²) in [6.07, 6.45) is 5.62. The molecule has 3 aromatic rings. The van der Waals surface area contributed by atoms with Crippen LogP contribution >= 0.6 is 0 Å². The van der Waals surface area contributed by atoms with Gasteiger partial charge in [-0.15, -0.1) is 0 Å². The fraction of sp³-hybridized carbons (Fsp3) is 0.292. The van der Waals surface area contributed by atoms with Gasteiger partial charge in [-0.25, -0.2) is 0 Å². The fourth-order valence-corrected chi connectivity index (χ4v) is 3.82. The van der Waals surface area contributed by atoms with Gasteiger partial charge in [0.15, 0.2) is 0 Å². The highest BCUT2D eigenvalue weighted by molar-refractivity contribution is 6.00. The Labute approximate surface area is 170 Å². The molecule has 0 spiro atoms. The van der Waals surface area contributed by atoms with E-state index in [2.05, 4.69) is 0 Å². The van der Waals surface area contributed by atoms with Crippen LogP contribution in [0.5, 0.6) is 11.5 Å². The molecule has 4 rings (SSSR count). The first kappa shape index (κ1) is 19.1. The van der Waals surface area contributed by atoms with Crippen molar-refractivity contribution in [2.45, 2.75) is 19.8 Å². The molecular formula is C24H25NO4. The van der Waals surface area contributed by atoms with E-state index in [4.69, 9.17) is 13.9 Å². The van der Waals surface area contributed by atoms with E-state index in [0.717, 1.165) is 64.9 Å². The Hall–Kier alpha value is -3.21. The first-order valence-electron chi connectivity index (χ1n) is 9.82. The average molecular weight is 391 g/mol. The lowest BCUT2D eigenvalue weighted by molar-refractivity contribution is -0.124. The van der Waals surface area contributed by atoms with Gasteiger partial charge < -0.3 is 18.8 Å². The monoisotopic (exact) mass is 391 g/mol. The molecule has 1 amide bonds. The number of rotatable bonds is 5. The van der Waals surface area contributed by atoms with E-state index in [-0.39, 0.29) is 5.91 Å². The van der Waals surface area contributed by atoms with Crippen LogP contribution in [-0.4, -0.2) is 38.1 Å². The van der Waals surface area contributed by atoms with Gasteiger partial charge in [0, 0.05) is 41.7 Å². The molecule has 2 heterocycles. The Morgan fingerprint density at radius 1 is 1.07 bits per heavy atom. The molecule has 0 bridgehead atoms. The van der Waals surface area contributed by atoms with Gasteiger partial charge in [0.1, 0.15) is 17.1 Å². The lowest BCUT2D eigenvalue weighted by Crippen LogP contribution is -2.25. The second-order valence-electron chi connectivity index (χ2n) is 7.29. The number of carbonyl (C=O) groups excluding carboxylic acids is 1. The standard InChI is InChI=1S/C24H25NO4/c1-16(12-24(26)25-10-4-5-11-25)19-13-20-21(15-29-23(20)14-22(19)28-3)17-6-8-18(27-2)9-7-17/h6-9,12-15H,4-5,10-11H2,1-3H3/b16-12+. The third kappa shape index (κ3) is 3.73. The van der Waals surface area contributed by atoms with Crippen molar-refractivity contribution >= 4 is 22.4 Å². The predicted octanol–water partition coefficient (Wildman–Crippen LogP) is 5.14. The number of furan rings is 1. The summed E-state index contributed by atoms with van der Waals surface area (Å²) < 4.78 is 16.6. The summed E-state index contributed by atoms with van der Waals surface area (Å²) in [4.78, 5) is 14.5. The smallest absolute Gasteiger partial charge is 0.246 e. The van der Waals surface area contributed by atoms with E-state index in [0.29, 0.717) is 5.75 Å². The van der Waals surface area contributed by atoms with Gasteiger partial charge >= 0.3 is 0 Å². The molecule has 1 aromatic heterocycles. The maximum Gasteiger partial charge on any atom is 0.246 e. The highest BCUT2D eigenvalue weighted by Crippen LogP contribution is 2.37. The van der Waals surface area contributed by atoms with Crippen molar-refractivity contribution in [2.24, 2.45) is 0 Å². The van der Waals surface area contributed by atoms with Crippen LogP contribution in [0.3, 0.4) is 0 Å². The average Bonchev–Trinajstić information content (AvgIpc) is 3.42. The van der Waals surface area contributed by atoms with Crippen molar-refractivity contribution in [1.29, 1.82) is 0 Å². The normalized spacial score (nSPS) is 14.4. The molecule has 2 aromatic carbocycles. The number of benzene rings is 2. The number of likely N-dealkylation sites (tertiary alicyclic amines) is 1. The lowest BCUT2D eigenvalue weighted by Gasteiger charge is -2.14. The molecule has 0 unspecified atom stereocenters. The van der Waals surface area contributed by atoms with Crippen LogP contribution < -0.4 is 9.47 Å². The molecule has 150 valence electrons. The largest absolute Gasteiger partial charge is 0.497 e. The van der Waals surface area contributed by atoms with Crippen molar-refractivity contribution < 1.29 is 18.7 Å². The van der Waals surface area contributed by atoms with Crippen LogP contribution in [-0.2, 0) is 4.79 Å². The zero-order valence-corrected chi connectivity index (χ0v) is 17.0. The minimum Gasteiger partial charge on any atom is -0.497 e. The van der Waals surface area contributed by atoms with Gasteiger partial charge in [0.05, 0.1) is 20.5 Å². The number of fused-ring (bicyclic) bond motifs is 1. The van der Waals surface area contributed by atoms with E-state index in [1.54, 1.807) is 26.6 Å². The maximum atomic E-state index is 12.6. The molecule has 1 aliphatic heterocycles. The zero-order chi connectivity index (χ0) is 20.4. The van der Waals surface area contributed by atoms with Crippen LogP contribution in [0, 0.1) is 0 Å². The number of methoxy groups -OCH3 is 2. The molecule has 1 fully saturated rings. The third-order valence-corrected chi connectivity index (χ3v) is 5.48. The van der Waals surface area contributed by atoms with E-state index in [1.807, 2.05) is 48.2 Å². The highest BCUT2D eigenvalue weighted by Gasteiger charge is 2.18. The molecule has 0 atom stereocenters. The van der Waals surface area contributed by atoms with Crippen LogP contribution in [0.1, 0.15) is 25.3 Å². The van der Waals surface area contributed by atoms with E-state index in [9.17, 15) is 4.79 Å². The first-order chi connectivity index (χ1) is 14.1. The van der Waals surface area contributed by atoms with Crippen molar-refractivity contribution in [3.8, 4) is 22.6 Å². The second-order valence-corrected chi connectivity index (χ2v) is 7.29. The van der Waals surface area contributed by atoms with Crippen molar-refractivity contribution in [1.82, 2.24) is 4.90 Å². The molecule has 0 aliphatic carbocycles. The Bertz CT molecular complexity index is 1060. The molecule has 5 nitrogen and oxygen atoms in total. The number of carbonyl (C=O) groups is 1. The quantitative estimate of drug-likeness (QED) is 0.565. The fourth-order valence-electron chi connectivity index (χ4n) is 3.82. The van der Waals surface area contributed by atoms with Gasteiger partial charge in [0.2, 0.25) is 5.91 Å². The molecule has 0 N–H and O–H groups in total. The number of allylic oxidation sites excluding steroid dienone is 1. The molecule has 0 saturated carbocycles. The Morgan fingerprint density at radius 2 is 1.79 bits per heavy atom. The Morgan fingerprint density at radius 3 is 2.45 bits per heavy atom. The summed E-state index contributed by atoms with van der Waals surface area (Å²) >= 11 is 0. The SMILES string of the molecule is COc1ccc(-c2coc3cc(OC)c(/C(C)=C/C(=O)N4CCCC4)cc23)cc1. The maximum absolute atomic E-state index is 12.6. The minimum atomic E-state index is 0.0599.